The van der Waals surface area contributed by atoms with Gasteiger partial charge in [0, 0.05) is 23.0 Å². The third-order valence-corrected chi connectivity index (χ3v) is 5.41. The first kappa shape index (κ1) is 13.7. The summed E-state index contributed by atoms with van der Waals surface area (Å²) in [5.41, 5.74) is 1.45. The smallest absolute Gasteiger partial charge is 0.125 e. The Morgan fingerprint density at radius 2 is 1.74 bits per heavy atom. The van der Waals surface area contributed by atoms with E-state index in [2.05, 4.69) is 20.8 Å². The Bertz CT molecular complexity index is 452. The molecule has 0 radical (unpaired) electrons. The lowest BCUT2D eigenvalue weighted by atomic mass is 9.73. The first-order chi connectivity index (χ1) is 9.10. The van der Waals surface area contributed by atoms with E-state index in [4.69, 9.17) is 11.6 Å². The van der Waals surface area contributed by atoms with Crippen LogP contribution in [0.5, 0.6) is 0 Å². The molecule has 4 heteroatoms. The Morgan fingerprint density at radius 1 is 1.11 bits per heavy atom. The maximum absolute atomic E-state index is 13.3. The summed E-state index contributed by atoms with van der Waals surface area (Å²) in [5, 5.41) is 0.510. The van der Waals surface area contributed by atoms with E-state index in [0.717, 1.165) is 23.2 Å². The molecule has 1 aliphatic carbocycles. The van der Waals surface area contributed by atoms with Gasteiger partial charge in [-0.05, 0) is 40.9 Å². The van der Waals surface area contributed by atoms with E-state index in [1.807, 2.05) is 0 Å². The van der Waals surface area contributed by atoms with Gasteiger partial charge in [0.05, 0.1) is 10.7 Å². The van der Waals surface area contributed by atoms with Crippen LogP contribution in [0.3, 0.4) is 0 Å². The average molecular weight is 347 g/mol. The van der Waals surface area contributed by atoms with Gasteiger partial charge in [0.2, 0.25) is 0 Å². The van der Waals surface area contributed by atoms with Crippen LogP contribution in [0.2, 0.25) is 5.02 Å². The highest BCUT2D eigenvalue weighted by Crippen LogP contribution is 2.47. The van der Waals surface area contributed by atoms with Gasteiger partial charge in [0.1, 0.15) is 5.82 Å². The molecular formula is C15H18BrClFN. The van der Waals surface area contributed by atoms with Crippen LogP contribution in [0.4, 0.5) is 10.1 Å². The largest absolute Gasteiger partial charge is 0.368 e. The second-order valence-corrected chi connectivity index (χ2v) is 7.25. The molecule has 0 bridgehead atoms. The Morgan fingerprint density at radius 3 is 2.32 bits per heavy atom. The first-order valence-corrected chi connectivity index (χ1v) is 8.16. The van der Waals surface area contributed by atoms with Gasteiger partial charge in [-0.2, -0.15) is 0 Å². The van der Waals surface area contributed by atoms with Gasteiger partial charge < -0.3 is 4.90 Å². The molecule has 0 amide bonds. The highest BCUT2D eigenvalue weighted by atomic mass is 79.9. The van der Waals surface area contributed by atoms with Gasteiger partial charge in [-0.1, -0.05) is 37.3 Å². The molecule has 1 aromatic rings. The molecule has 0 N–H and O–H groups in total. The summed E-state index contributed by atoms with van der Waals surface area (Å²) in [6, 6.07) is 2.90. The van der Waals surface area contributed by atoms with Crippen LogP contribution in [0.1, 0.15) is 38.5 Å². The fourth-order valence-electron chi connectivity index (χ4n) is 3.55. The monoisotopic (exact) mass is 345 g/mol. The maximum atomic E-state index is 13.3. The molecular weight excluding hydrogens is 329 g/mol. The highest BCUT2D eigenvalue weighted by molar-refractivity contribution is 9.10. The predicted molar refractivity (Wildman–Crippen MR) is 81.5 cm³/mol. The number of nitrogens with zero attached hydrogens (tertiary/aromatic N) is 1. The zero-order chi connectivity index (χ0) is 13.5. The summed E-state index contributed by atoms with van der Waals surface area (Å²) in [6.45, 7) is 2.13. The van der Waals surface area contributed by atoms with E-state index in [0.29, 0.717) is 10.4 Å². The van der Waals surface area contributed by atoms with Gasteiger partial charge in [0.15, 0.2) is 0 Å². The minimum Gasteiger partial charge on any atom is -0.368 e. The lowest BCUT2D eigenvalue weighted by molar-refractivity contribution is 0.180. The van der Waals surface area contributed by atoms with Crippen molar-refractivity contribution in [1.29, 1.82) is 0 Å². The lowest BCUT2D eigenvalue weighted by Crippen LogP contribution is -2.56. The van der Waals surface area contributed by atoms with Crippen molar-refractivity contribution >= 4 is 33.2 Å². The summed E-state index contributed by atoms with van der Waals surface area (Å²) in [4.78, 5) is 2.29. The third-order valence-electron chi connectivity index (χ3n) is 4.51. The van der Waals surface area contributed by atoms with E-state index in [-0.39, 0.29) is 5.82 Å². The third kappa shape index (κ3) is 2.64. The number of halogens is 3. The summed E-state index contributed by atoms with van der Waals surface area (Å²) < 4.78 is 14.0. The second-order valence-electron chi connectivity index (χ2n) is 5.99. The van der Waals surface area contributed by atoms with Gasteiger partial charge >= 0.3 is 0 Å². The quantitative estimate of drug-likeness (QED) is 0.658. The molecule has 0 aromatic heterocycles. The van der Waals surface area contributed by atoms with Crippen molar-refractivity contribution in [3.05, 3.63) is 27.4 Å². The Labute approximate surface area is 127 Å². The molecule has 104 valence electrons. The van der Waals surface area contributed by atoms with Crippen LogP contribution < -0.4 is 4.90 Å². The fraction of sp³-hybridized carbons (Fsp3) is 0.600. The minimum absolute atomic E-state index is 0.287. The van der Waals surface area contributed by atoms with Gasteiger partial charge in [-0.15, -0.1) is 0 Å². The van der Waals surface area contributed by atoms with E-state index in [9.17, 15) is 4.39 Å². The molecule has 19 heavy (non-hydrogen) atoms. The Balaban J connectivity index is 1.76. The summed E-state index contributed by atoms with van der Waals surface area (Å²) in [5.74, 6) is -0.287. The van der Waals surface area contributed by atoms with Crippen LogP contribution in [-0.2, 0) is 0 Å². The number of anilines is 1. The molecule has 2 fully saturated rings. The minimum atomic E-state index is -0.287. The van der Waals surface area contributed by atoms with Crippen molar-refractivity contribution in [1.82, 2.24) is 0 Å². The average Bonchev–Trinajstić information content (AvgIpc) is 2.52. The van der Waals surface area contributed by atoms with Crippen molar-refractivity contribution in [2.45, 2.75) is 38.5 Å². The lowest BCUT2D eigenvalue weighted by Gasteiger charge is -2.52. The Hall–Kier alpha value is -0.280. The van der Waals surface area contributed by atoms with Crippen molar-refractivity contribution in [2.24, 2.45) is 5.41 Å². The molecule has 1 heterocycles. The molecule has 1 saturated carbocycles. The topological polar surface area (TPSA) is 3.24 Å². The van der Waals surface area contributed by atoms with E-state index in [1.165, 1.54) is 50.7 Å². The van der Waals surface area contributed by atoms with Crippen LogP contribution >= 0.6 is 27.5 Å². The molecule has 1 nitrogen and oxygen atoms in total. The second kappa shape index (κ2) is 5.25. The maximum Gasteiger partial charge on any atom is 0.125 e. The normalized spacial score (nSPS) is 22.2. The molecule has 0 atom stereocenters. The summed E-state index contributed by atoms with van der Waals surface area (Å²) in [7, 11) is 0. The SMILES string of the molecule is Fc1cc(Cl)c(N2CC3(CCCCCC3)C2)c(Br)c1. The summed E-state index contributed by atoms with van der Waals surface area (Å²) in [6.07, 6.45) is 8.13. The molecule has 2 aliphatic rings. The predicted octanol–water partition coefficient (Wildman–Crippen LogP) is 5.40. The molecule has 1 aromatic carbocycles. The van der Waals surface area contributed by atoms with E-state index in [1.54, 1.807) is 0 Å². The molecule has 3 rings (SSSR count). The first-order valence-electron chi connectivity index (χ1n) is 6.99. The number of rotatable bonds is 1. The highest BCUT2D eigenvalue weighted by Gasteiger charge is 2.43. The van der Waals surface area contributed by atoms with Gasteiger partial charge in [0.25, 0.3) is 0 Å². The van der Waals surface area contributed by atoms with Crippen LogP contribution in [-0.4, -0.2) is 13.1 Å². The van der Waals surface area contributed by atoms with Crippen LogP contribution in [0.15, 0.2) is 16.6 Å². The van der Waals surface area contributed by atoms with Crippen LogP contribution in [0.25, 0.3) is 0 Å². The molecule has 1 spiro atoms. The molecule has 1 saturated heterocycles. The van der Waals surface area contributed by atoms with Crippen molar-refractivity contribution < 1.29 is 4.39 Å². The van der Waals surface area contributed by atoms with Crippen molar-refractivity contribution in [2.75, 3.05) is 18.0 Å². The van der Waals surface area contributed by atoms with E-state index >= 15 is 0 Å². The van der Waals surface area contributed by atoms with Crippen molar-refractivity contribution in [3.63, 3.8) is 0 Å². The molecule has 1 aliphatic heterocycles. The number of benzene rings is 1. The Kier molecular flexibility index (Phi) is 3.78. The van der Waals surface area contributed by atoms with Crippen LogP contribution in [0, 0.1) is 11.2 Å². The molecule has 0 unspecified atom stereocenters. The van der Waals surface area contributed by atoms with Gasteiger partial charge in [-0.3, -0.25) is 0 Å². The standard InChI is InChI=1S/C15H18BrClFN/c16-12-7-11(18)8-13(17)14(12)19-9-15(10-19)5-3-1-2-4-6-15/h7-8H,1-6,9-10H2. The zero-order valence-corrected chi connectivity index (χ0v) is 13.2. The fourth-order valence-corrected chi connectivity index (χ4v) is 4.68. The number of hydrogen-bond acceptors (Lipinski definition) is 1. The zero-order valence-electron chi connectivity index (χ0n) is 10.9. The summed E-state index contributed by atoms with van der Waals surface area (Å²) >= 11 is 9.63. The van der Waals surface area contributed by atoms with Crippen molar-refractivity contribution in [3.8, 4) is 0 Å². The van der Waals surface area contributed by atoms with E-state index < -0.39 is 0 Å². The van der Waals surface area contributed by atoms with Gasteiger partial charge in [-0.25, -0.2) is 4.39 Å². The number of hydrogen-bond donors (Lipinski definition) is 0.